The van der Waals surface area contributed by atoms with Crippen molar-refractivity contribution < 1.29 is 37.7 Å². The smallest absolute Gasteiger partial charge is 0.407 e. The van der Waals surface area contributed by atoms with Gasteiger partial charge in [-0.05, 0) is 29.2 Å². The molecule has 0 fully saturated rings. The van der Waals surface area contributed by atoms with Crippen LogP contribution in [0, 0.1) is 0 Å². The van der Waals surface area contributed by atoms with Gasteiger partial charge >= 0.3 is 12.1 Å². The molecule has 2 unspecified atom stereocenters. The highest BCUT2D eigenvalue weighted by Crippen LogP contribution is 2.44. The minimum absolute atomic E-state index is 0.0764. The molecule has 0 radical (unpaired) electrons. The van der Waals surface area contributed by atoms with E-state index in [1.807, 2.05) is 53.8 Å². The lowest BCUT2D eigenvalue weighted by atomic mass is 9.98. The lowest BCUT2D eigenvalue weighted by Gasteiger charge is -2.26. The Morgan fingerprint density at radius 2 is 1.62 bits per heavy atom. The number of aliphatic carboxylic acids is 1. The number of alkyl carbamates (subject to hydrolysis) is 1. The molecule has 34 heavy (non-hydrogen) atoms. The quantitative estimate of drug-likeness (QED) is 0.486. The van der Waals surface area contributed by atoms with Gasteiger partial charge in [0.2, 0.25) is 5.91 Å². The van der Waals surface area contributed by atoms with E-state index >= 15 is 0 Å². The molecule has 1 aliphatic carbocycles. The molecule has 0 aromatic heterocycles. The monoisotopic (exact) mass is 476 g/mol. The van der Waals surface area contributed by atoms with Gasteiger partial charge in [0.05, 0.1) is 13.0 Å². The number of halogens is 2. The van der Waals surface area contributed by atoms with E-state index in [4.69, 9.17) is 9.47 Å². The van der Waals surface area contributed by atoms with Crippen molar-refractivity contribution in [2.75, 3.05) is 20.3 Å². The highest BCUT2D eigenvalue weighted by molar-refractivity contribution is 5.87. The molecule has 8 nitrogen and oxygen atoms in total. The summed E-state index contributed by atoms with van der Waals surface area (Å²) in [6, 6.07) is 13.5. The van der Waals surface area contributed by atoms with Crippen molar-refractivity contribution in [3.63, 3.8) is 0 Å². The summed E-state index contributed by atoms with van der Waals surface area (Å²) in [6.45, 7) is 0.743. The van der Waals surface area contributed by atoms with E-state index in [-0.39, 0.29) is 19.1 Å². The van der Waals surface area contributed by atoms with Crippen LogP contribution in [0.5, 0.6) is 0 Å². The second-order valence-corrected chi connectivity index (χ2v) is 8.23. The number of alkyl halides is 2. The zero-order valence-corrected chi connectivity index (χ0v) is 18.7. The number of benzene rings is 2. The average Bonchev–Trinajstić information content (AvgIpc) is 3.11. The molecular formula is C24H26F2N2O6. The maximum absolute atomic E-state index is 13.5. The summed E-state index contributed by atoms with van der Waals surface area (Å²) in [4.78, 5) is 35.9. The van der Waals surface area contributed by atoms with Gasteiger partial charge in [-0.1, -0.05) is 48.5 Å². The molecule has 0 aliphatic heterocycles. The van der Waals surface area contributed by atoms with Gasteiger partial charge in [0, 0.05) is 13.0 Å². The molecule has 0 saturated carbocycles. The highest BCUT2D eigenvalue weighted by Gasteiger charge is 2.37. The van der Waals surface area contributed by atoms with Crippen LogP contribution in [-0.2, 0) is 19.1 Å². The van der Waals surface area contributed by atoms with Crippen LogP contribution in [0.3, 0.4) is 0 Å². The summed E-state index contributed by atoms with van der Waals surface area (Å²) in [6.07, 6.45) is -5.02. The summed E-state index contributed by atoms with van der Waals surface area (Å²) in [5.74, 6) is -2.62. The van der Waals surface area contributed by atoms with E-state index in [9.17, 15) is 28.3 Å². The number of carbonyl (C=O) groups is 3. The molecule has 3 rings (SSSR count). The lowest BCUT2D eigenvalue weighted by molar-refractivity contribution is -0.149. The third kappa shape index (κ3) is 5.51. The van der Waals surface area contributed by atoms with Crippen LogP contribution in [-0.4, -0.2) is 61.4 Å². The minimum atomic E-state index is -3.08. The number of carboxylic acids is 1. The molecule has 2 amide bonds. The number of methoxy groups -OCH3 is 1. The van der Waals surface area contributed by atoms with Crippen molar-refractivity contribution in [2.45, 2.75) is 37.3 Å². The molecule has 0 spiro atoms. The van der Waals surface area contributed by atoms with Crippen molar-refractivity contribution in [1.82, 2.24) is 10.6 Å². The summed E-state index contributed by atoms with van der Waals surface area (Å²) in [5.41, 5.74) is 2.17. The van der Waals surface area contributed by atoms with Crippen LogP contribution in [0.4, 0.5) is 13.6 Å². The largest absolute Gasteiger partial charge is 0.479 e. The first kappa shape index (κ1) is 25.1. The van der Waals surface area contributed by atoms with E-state index in [2.05, 4.69) is 5.32 Å². The van der Waals surface area contributed by atoms with Gasteiger partial charge < -0.3 is 25.2 Å². The Bertz CT molecular complexity index is 1020. The molecule has 2 aromatic rings. The SMILES string of the molecule is COCC(C)(NC(=O)CC(NC(=O)OCC1c2ccccc2-c2ccccc21)C(F)F)C(=O)O. The fourth-order valence-corrected chi connectivity index (χ4v) is 3.99. The molecule has 2 aromatic carbocycles. The fourth-order valence-electron chi connectivity index (χ4n) is 3.99. The highest BCUT2D eigenvalue weighted by atomic mass is 19.3. The summed E-state index contributed by atoms with van der Waals surface area (Å²) in [7, 11) is 1.24. The van der Waals surface area contributed by atoms with Gasteiger partial charge in [-0.3, -0.25) is 4.79 Å². The van der Waals surface area contributed by atoms with E-state index < -0.39 is 42.4 Å². The molecule has 0 bridgehead atoms. The van der Waals surface area contributed by atoms with Crippen LogP contribution in [0.15, 0.2) is 48.5 Å². The van der Waals surface area contributed by atoms with Crippen LogP contribution < -0.4 is 10.6 Å². The first-order chi connectivity index (χ1) is 16.2. The molecular weight excluding hydrogens is 450 g/mol. The average molecular weight is 476 g/mol. The Balaban J connectivity index is 1.62. The van der Waals surface area contributed by atoms with Crippen molar-refractivity contribution >= 4 is 18.0 Å². The van der Waals surface area contributed by atoms with Crippen LogP contribution in [0.2, 0.25) is 0 Å². The molecule has 2 atom stereocenters. The maximum Gasteiger partial charge on any atom is 0.407 e. The number of ether oxygens (including phenoxy) is 2. The maximum atomic E-state index is 13.5. The first-order valence-electron chi connectivity index (χ1n) is 10.6. The van der Waals surface area contributed by atoms with Gasteiger partial charge in [0.1, 0.15) is 12.6 Å². The van der Waals surface area contributed by atoms with E-state index in [0.717, 1.165) is 22.3 Å². The van der Waals surface area contributed by atoms with Gasteiger partial charge in [0.25, 0.3) is 6.43 Å². The van der Waals surface area contributed by atoms with E-state index in [1.165, 1.54) is 14.0 Å². The predicted octanol–water partition coefficient (Wildman–Crippen LogP) is 3.15. The number of hydrogen-bond donors (Lipinski definition) is 3. The second kappa shape index (κ2) is 10.6. The van der Waals surface area contributed by atoms with Gasteiger partial charge in [-0.2, -0.15) is 0 Å². The number of amides is 2. The normalized spacial score (nSPS) is 15.1. The third-order valence-corrected chi connectivity index (χ3v) is 5.68. The zero-order chi connectivity index (χ0) is 24.9. The fraction of sp³-hybridized carbons (Fsp3) is 0.375. The Kier molecular flexibility index (Phi) is 7.83. The van der Waals surface area contributed by atoms with Crippen molar-refractivity contribution in [2.24, 2.45) is 0 Å². The van der Waals surface area contributed by atoms with Crippen molar-refractivity contribution in [3.8, 4) is 11.1 Å². The van der Waals surface area contributed by atoms with Crippen LogP contribution in [0.1, 0.15) is 30.4 Å². The Morgan fingerprint density at radius 1 is 1.06 bits per heavy atom. The summed E-state index contributed by atoms with van der Waals surface area (Å²) in [5, 5.41) is 13.5. The van der Waals surface area contributed by atoms with Crippen molar-refractivity contribution in [3.05, 3.63) is 59.7 Å². The second-order valence-electron chi connectivity index (χ2n) is 8.23. The summed E-state index contributed by atoms with van der Waals surface area (Å²) >= 11 is 0. The van der Waals surface area contributed by atoms with Gasteiger partial charge in [-0.15, -0.1) is 0 Å². The van der Waals surface area contributed by atoms with Crippen LogP contribution >= 0.6 is 0 Å². The predicted molar refractivity (Wildman–Crippen MR) is 119 cm³/mol. The standard InChI is InChI=1S/C24H26F2N2O6/c1-24(13-33-2,22(30)31)28-20(29)11-19(21(25)26)27-23(32)34-12-18-16-9-5-3-7-14(16)15-8-4-6-10-17(15)18/h3-10,18-19,21H,11-13H2,1-2H3,(H,27,32)(H,28,29)(H,30,31). The zero-order valence-electron chi connectivity index (χ0n) is 18.7. The van der Waals surface area contributed by atoms with Crippen molar-refractivity contribution in [1.29, 1.82) is 0 Å². The Morgan fingerprint density at radius 3 is 2.12 bits per heavy atom. The molecule has 1 aliphatic rings. The van der Waals surface area contributed by atoms with Gasteiger partial charge in [0.15, 0.2) is 5.54 Å². The summed E-state index contributed by atoms with van der Waals surface area (Å²) < 4.78 is 37.0. The number of carbonyl (C=O) groups excluding carboxylic acids is 2. The van der Waals surface area contributed by atoms with Crippen LogP contribution in [0.25, 0.3) is 11.1 Å². The molecule has 0 saturated heterocycles. The number of fused-ring (bicyclic) bond motifs is 3. The number of rotatable bonds is 10. The number of nitrogens with one attached hydrogen (secondary N) is 2. The first-order valence-corrected chi connectivity index (χ1v) is 10.6. The molecule has 3 N–H and O–H groups in total. The van der Waals surface area contributed by atoms with E-state index in [0.29, 0.717) is 0 Å². The number of hydrogen-bond acceptors (Lipinski definition) is 5. The third-order valence-electron chi connectivity index (χ3n) is 5.68. The molecule has 0 heterocycles. The minimum Gasteiger partial charge on any atom is -0.479 e. The van der Waals surface area contributed by atoms with E-state index in [1.54, 1.807) is 0 Å². The Hall–Kier alpha value is -3.53. The topological polar surface area (TPSA) is 114 Å². The lowest BCUT2D eigenvalue weighted by Crippen LogP contribution is -2.56. The van der Waals surface area contributed by atoms with Gasteiger partial charge in [-0.25, -0.2) is 18.4 Å². The number of carboxylic acid groups (broad SMARTS) is 1. The molecule has 10 heteroatoms. The molecule has 182 valence electrons. The Labute approximate surface area is 195 Å².